The Morgan fingerprint density at radius 3 is 2.31 bits per heavy atom. The van der Waals surface area contributed by atoms with E-state index < -0.39 is 32.3 Å². The summed E-state index contributed by atoms with van der Waals surface area (Å²) in [4.78, 5) is 30.6. The zero-order valence-corrected chi connectivity index (χ0v) is 25.4. The molecule has 2 aliphatic heterocycles. The lowest BCUT2D eigenvalue weighted by Crippen LogP contribution is -2.44. The second-order valence-corrected chi connectivity index (χ2v) is 13.3. The third-order valence-electron chi connectivity index (χ3n) is 8.31. The van der Waals surface area contributed by atoms with Gasteiger partial charge in [0, 0.05) is 49.2 Å². The fourth-order valence-electron chi connectivity index (χ4n) is 5.66. The fourth-order valence-corrected chi connectivity index (χ4v) is 6.99. The van der Waals surface area contributed by atoms with Gasteiger partial charge in [-0.25, -0.2) is 17.2 Å². The Hall–Kier alpha value is -4.40. The molecule has 4 aromatic rings. The minimum atomic E-state index is -4.29. The highest BCUT2D eigenvalue weighted by Gasteiger charge is 2.26. The normalized spacial score (nSPS) is 16.6. The summed E-state index contributed by atoms with van der Waals surface area (Å²) in [6.45, 7) is 4.86. The maximum Gasteiger partial charge on any atom is 0.258 e. The molecule has 0 saturated carbocycles. The number of aromatic nitrogens is 2. The number of sulfone groups is 1. The number of H-pyrrole nitrogens is 1. The molecule has 2 fully saturated rings. The number of hydrogen-bond acceptors (Lipinski definition) is 8. The number of benzene rings is 3. The molecule has 14 heteroatoms. The minimum Gasteiger partial charge on any atom is -0.369 e. The number of anilines is 3. The molecule has 0 atom stereocenters. The van der Waals surface area contributed by atoms with Crippen LogP contribution in [0.3, 0.4) is 0 Å². The maximum atomic E-state index is 13.8. The maximum absolute atomic E-state index is 13.8. The van der Waals surface area contributed by atoms with Crippen LogP contribution in [0, 0.1) is 17.6 Å². The summed E-state index contributed by atoms with van der Waals surface area (Å²) in [7, 11) is -2.23. The van der Waals surface area contributed by atoms with E-state index in [4.69, 9.17) is 0 Å². The summed E-state index contributed by atoms with van der Waals surface area (Å²) in [6, 6.07) is 11.4. The van der Waals surface area contributed by atoms with E-state index in [1.54, 1.807) is 6.07 Å². The van der Waals surface area contributed by atoms with Gasteiger partial charge in [0.05, 0.1) is 26.6 Å². The highest BCUT2D eigenvalue weighted by atomic mass is 32.2. The average molecular weight is 638 g/mol. The first-order valence-electron chi connectivity index (χ1n) is 14.7. The highest BCUT2D eigenvalue weighted by Crippen LogP contribution is 2.31. The van der Waals surface area contributed by atoms with Crippen LogP contribution in [-0.2, 0) is 14.6 Å². The van der Waals surface area contributed by atoms with Crippen molar-refractivity contribution in [3.05, 3.63) is 71.8 Å². The number of piperazine rings is 1. The van der Waals surface area contributed by atoms with Crippen LogP contribution in [0.25, 0.3) is 10.9 Å². The van der Waals surface area contributed by atoms with E-state index >= 15 is 0 Å². The number of carbonyl (C=O) groups is 2. The van der Waals surface area contributed by atoms with Gasteiger partial charge in [0.1, 0.15) is 11.6 Å². The molecule has 3 heterocycles. The molecule has 11 nitrogen and oxygen atoms in total. The first kappa shape index (κ1) is 30.6. The summed E-state index contributed by atoms with van der Waals surface area (Å²) < 4.78 is 54.0. The molecule has 236 valence electrons. The van der Waals surface area contributed by atoms with Crippen molar-refractivity contribution < 1.29 is 26.8 Å². The zero-order valence-electron chi connectivity index (χ0n) is 24.6. The van der Waals surface area contributed by atoms with Gasteiger partial charge in [-0.3, -0.25) is 14.7 Å². The largest absolute Gasteiger partial charge is 0.369 e. The average Bonchev–Trinajstić information content (AvgIpc) is 3.43. The zero-order chi connectivity index (χ0) is 31.7. The van der Waals surface area contributed by atoms with Gasteiger partial charge in [-0.2, -0.15) is 5.10 Å². The first-order valence-corrected chi connectivity index (χ1v) is 16.2. The Balaban J connectivity index is 1.30. The number of rotatable bonds is 7. The Labute approximate surface area is 258 Å². The standard InChI is InChI=1S/C31H33F2N7O4S/c1-39-10-12-40(13-11-39)22-2-4-25(28(17-22)35-30(41)19-6-8-34-9-7-19)31(42)36-29-26-18-23(3-5-27(26)37-38-29)45(43,44)24-15-20(32)14-21(33)16-24/h2-5,14-19,34H,6-13H2,1H3,(H,35,41)(H2,36,37,38,42). The number of nitrogens with one attached hydrogen (secondary N) is 4. The topological polar surface area (TPSA) is 140 Å². The van der Waals surface area contributed by atoms with Gasteiger partial charge in [0.25, 0.3) is 5.91 Å². The van der Waals surface area contributed by atoms with Crippen LogP contribution >= 0.6 is 0 Å². The number of amides is 2. The van der Waals surface area contributed by atoms with Gasteiger partial charge in [0.15, 0.2) is 5.82 Å². The summed E-state index contributed by atoms with van der Waals surface area (Å²) in [6.07, 6.45) is 1.39. The minimum absolute atomic E-state index is 0.0521. The summed E-state index contributed by atoms with van der Waals surface area (Å²) in [5, 5.41) is 16.2. The molecule has 0 unspecified atom stereocenters. The smallest absolute Gasteiger partial charge is 0.258 e. The van der Waals surface area contributed by atoms with Gasteiger partial charge in [-0.15, -0.1) is 0 Å². The van der Waals surface area contributed by atoms with Crippen molar-refractivity contribution >= 4 is 49.7 Å². The number of fused-ring (bicyclic) bond motifs is 1. The molecule has 45 heavy (non-hydrogen) atoms. The third-order valence-corrected chi connectivity index (χ3v) is 10.0. The van der Waals surface area contributed by atoms with E-state index in [-0.39, 0.29) is 33.5 Å². The van der Waals surface area contributed by atoms with Crippen LogP contribution in [-0.4, -0.2) is 81.6 Å². The molecule has 0 radical (unpaired) electrons. The monoisotopic (exact) mass is 637 g/mol. The molecule has 2 aliphatic rings. The molecule has 0 bridgehead atoms. The van der Waals surface area contributed by atoms with Gasteiger partial charge in [-0.1, -0.05) is 0 Å². The van der Waals surface area contributed by atoms with Crippen LogP contribution in [0.4, 0.5) is 26.0 Å². The molecular weight excluding hydrogens is 604 g/mol. The molecule has 1 aromatic heterocycles. The molecule has 2 saturated heterocycles. The number of hydrogen-bond donors (Lipinski definition) is 4. The van der Waals surface area contributed by atoms with Crippen LogP contribution < -0.4 is 20.9 Å². The van der Waals surface area contributed by atoms with Crippen molar-refractivity contribution in [1.82, 2.24) is 20.4 Å². The molecule has 4 N–H and O–H groups in total. The number of piperidine rings is 1. The Kier molecular flexibility index (Phi) is 8.53. The predicted molar refractivity (Wildman–Crippen MR) is 166 cm³/mol. The van der Waals surface area contributed by atoms with E-state index in [2.05, 4.69) is 43.0 Å². The van der Waals surface area contributed by atoms with Crippen molar-refractivity contribution in [2.24, 2.45) is 5.92 Å². The van der Waals surface area contributed by atoms with Crippen LogP contribution in [0.15, 0.2) is 64.4 Å². The SMILES string of the molecule is CN1CCN(c2ccc(C(=O)Nc3n[nH]c4ccc(S(=O)(=O)c5cc(F)cc(F)c5)cc34)c(NC(=O)C3CCNCC3)c2)CC1. The molecule has 6 rings (SSSR count). The quantitative estimate of drug-likeness (QED) is 0.241. The second-order valence-electron chi connectivity index (χ2n) is 11.4. The number of aromatic amines is 1. The van der Waals surface area contributed by atoms with E-state index in [1.807, 2.05) is 12.1 Å². The Bertz CT molecular complexity index is 1850. The Morgan fingerprint density at radius 2 is 1.60 bits per heavy atom. The van der Waals surface area contributed by atoms with Crippen LogP contribution in [0.1, 0.15) is 23.2 Å². The van der Waals surface area contributed by atoms with E-state index in [0.29, 0.717) is 30.1 Å². The molecule has 2 amide bonds. The van der Waals surface area contributed by atoms with E-state index in [0.717, 1.165) is 57.1 Å². The fraction of sp³-hybridized carbons (Fsp3) is 0.323. The summed E-state index contributed by atoms with van der Waals surface area (Å²) in [5.74, 6) is -2.89. The van der Waals surface area contributed by atoms with Crippen molar-refractivity contribution in [2.45, 2.75) is 22.6 Å². The molecule has 0 aliphatic carbocycles. The van der Waals surface area contributed by atoms with Crippen molar-refractivity contribution in [3.63, 3.8) is 0 Å². The molecule has 0 spiro atoms. The van der Waals surface area contributed by atoms with E-state index in [9.17, 15) is 26.8 Å². The lowest BCUT2D eigenvalue weighted by atomic mass is 9.97. The highest BCUT2D eigenvalue weighted by molar-refractivity contribution is 7.91. The lowest BCUT2D eigenvalue weighted by molar-refractivity contribution is -0.120. The van der Waals surface area contributed by atoms with Gasteiger partial charge >= 0.3 is 0 Å². The summed E-state index contributed by atoms with van der Waals surface area (Å²) in [5.41, 5.74) is 1.89. The van der Waals surface area contributed by atoms with Crippen molar-refractivity contribution in [2.75, 3.05) is 61.8 Å². The number of carbonyl (C=O) groups excluding carboxylic acids is 2. The van der Waals surface area contributed by atoms with Gasteiger partial charge in [-0.05, 0) is 81.5 Å². The second kappa shape index (κ2) is 12.5. The summed E-state index contributed by atoms with van der Waals surface area (Å²) >= 11 is 0. The van der Waals surface area contributed by atoms with Gasteiger partial charge in [0.2, 0.25) is 15.7 Å². The van der Waals surface area contributed by atoms with Crippen molar-refractivity contribution in [3.8, 4) is 0 Å². The Morgan fingerprint density at radius 1 is 0.889 bits per heavy atom. The number of halogens is 2. The number of likely N-dealkylation sites (N-methyl/N-ethyl adjacent to an activating group) is 1. The predicted octanol–water partition coefficient (Wildman–Crippen LogP) is 3.62. The number of nitrogens with zero attached hydrogens (tertiary/aromatic N) is 3. The lowest BCUT2D eigenvalue weighted by Gasteiger charge is -2.34. The first-order chi connectivity index (χ1) is 21.6. The van der Waals surface area contributed by atoms with Gasteiger partial charge < -0.3 is 25.8 Å². The molecular formula is C31H33F2N7O4S. The van der Waals surface area contributed by atoms with Crippen LogP contribution in [0.5, 0.6) is 0 Å². The third kappa shape index (κ3) is 6.53. The van der Waals surface area contributed by atoms with Crippen molar-refractivity contribution in [1.29, 1.82) is 0 Å². The van der Waals surface area contributed by atoms with Crippen LogP contribution in [0.2, 0.25) is 0 Å². The molecule has 3 aromatic carbocycles. The van der Waals surface area contributed by atoms with E-state index in [1.165, 1.54) is 18.2 Å².